The van der Waals surface area contributed by atoms with E-state index in [4.69, 9.17) is 14.5 Å². The van der Waals surface area contributed by atoms with Gasteiger partial charge < -0.3 is 50.3 Å². The first-order valence-corrected chi connectivity index (χ1v) is 26.6. The van der Waals surface area contributed by atoms with Crippen LogP contribution in [0.1, 0.15) is 97.1 Å². The van der Waals surface area contributed by atoms with Crippen molar-refractivity contribution in [3.05, 3.63) is 77.9 Å². The third-order valence-corrected chi connectivity index (χ3v) is 14.3. The van der Waals surface area contributed by atoms with Crippen molar-refractivity contribution in [3.8, 4) is 0 Å². The Kier molecular flexibility index (Phi) is 24.7. The number of likely N-dealkylation sites (tertiary alicyclic amines) is 1. The largest absolute Gasteiger partial charge is 0.379 e. The topological polar surface area (TPSA) is 215 Å². The molecule has 0 radical (unpaired) electrons. The first-order chi connectivity index (χ1) is 35.7. The van der Waals surface area contributed by atoms with Crippen LogP contribution in [0.3, 0.4) is 0 Å². The molecule has 2 aliphatic rings. The molecule has 0 aliphatic carbocycles. The zero-order chi connectivity index (χ0) is 55.4. The van der Waals surface area contributed by atoms with E-state index in [1.54, 1.807) is 55.1 Å². The number of nitrogens with one attached hydrogen (secondary N) is 4. The first kappa shape index (κ1) is 61.2. The van der Waals surface area contributed by atoms with Crippen LogP contribution in [0, 0.1) is 17.8 Å². The highest BCUT2D eigenvalue weighted by Crippen LogP contribution is 2.30. The molecule has 8 atom stereocenters. The minimum Gasteiger partial charge on any atom is -0.379 e. The molecule has 4 N–H and O–H groups in total. The third-order valence-electron chi connectivity index (χ3n) is 14.3. The van der Waals surface area contributed by atoms with E-state index < -0.39 is 54.1 Å². The number of carbonyl (C=O) groups excluding carboxylic acids is 7. The summed E-state index contributed by atoms with van der Waals surface area (Å²) in [7, 11) is 12.5. The Morgan fingerprint density at radius 1 is 0.787 bits per heavy atom. The maximum absolute atomic E-state index is 14.5. The Bertz CT molecular complexity index is 2230. The summed E-state index contributed by atoms with van der Waals surface area (Å²) in [6.45, 7) is 11.4. The molecule has 0 aromatic heterocycles. The van der Waals surface area contributed by atoms with Crippen molar-refractivity contribution in [3.63, 3.8) is 0 Å². The molecule has 0 bridgehead atoms. The van der Waals surface area contributed by atoms with Crippen molar-refractivity contribution in [2.24, 2.45) is 22.7 Å². The number of methoxy groups -OCH3 is 2. The average Bonchev–Trinajstić information content (AvgIpc) is 4.00. The number of amides is 8. The van der Waals surface area contributed by atoms with Crippen LogP contribution < -0.4 is 21.3 Å². The van der Waals surface area contributed by atoms with Crippen LogP contribution in [0.5, 0.6) is 0 Å². The van der Waals surface area contributed by atoms with Crippen LogP contribution in [0.15, 0.2) is 71.7 Å². The summed E-state index contributed by atoms with van der Waals surface area (Å²) in [6.07, 6.45) is 6.66. The van der Waals surface area contributed by atoms with E-state index in [1.807, 2.05) is 82.2 Å². The highest BCUT2D eigenvalue weighted by molar-refractivity contribution is 6.12. The van der Waals surface area contributed by atoms with E-state index in [1.165, 1.54) is 24.2 Å². The van der Waals surface area contributed by atoms with E-state index >= 15 is 0 Å². The molecule has 75 heavy (non-hydrogen) atoms. The monoisotopic (exact) mass is 1040 g/mol. The number of imide groups is 1. The van der Waals surface area contributed by atoms with E-state index in [-0.39, 0.29) is 60.9 Å². The van der Waals surface area contributed by atoms with Gasteiger partial charge in [0.2, 0.25) is 23.6 Å². The van der Waals surface area contributed by atoms with E-state index in [2.05, 4.69) is 35.1 Å². The van der Waals surface area contributed by atoms with Gasteiger partial charge in [-0.1, -0.05) is 96.3 Å². The molecule has 2 aromatic carbocycles. The molecule has 2 aliphatic heterocycles. The van der Waals surface area contributed by atoms with E-state index in [0.29, 0.717) is 50.5 Å². The van der Waals surface area contributed by atoms with Crippen molar-refractivity contribution in [1.82, 2.24) is 40.4 Å². The molecular formula is C56H86N10O9. The number of aliphatic imine (C=N–C) groups is 1. The molecule has 3 unspecified atom stereocenters. The minimum atomic E-state index is -0.958. The van der Waals surface area contributed by atoms with Crippen molar-refractivity contribution >= 4 is 53.1 Å². The summed E-state index contributed by atoms with van der Waals surface area (Å²) in [5.74, 6) is -1.89. The number of rotatable bonds is 28. The smallest absolute Gasteiger partial charge is 0.315 e. The second-order valence-corrected chi connectivity index (χ2v) is 20.6. The van der Waals surface area contributed by atoms with Crippen LogP contribution in [0.25, 0.3) is 0 Å². The van der Waals surface area contributed by atoms with Gasteiger partial charge in [0.25, 0.3) is 11.8 Å². The predicted octanol–water partition coefficient (Wildman–Crippen LogP) is 5.06. The highest BCUT2D eigenvalue weighted by Gasteiger charge is 2.43. The maximum atomic E-state index is 14.5. The van der Waals surface area contributed by atoms with Gasteiger partial charge in [-0.25, -0.2) is 9.79 Å². The van der Waals surface area contributed by atoms with Gasteiger partial charge in [-0.3, -0.25) is 33.7 Å². The number of nitrogens with zero attached hydrogens (tertiary/aromatic N) is 6. The normalized spacial score (nSPS) is 17.1. The number of benzene rings is 2. The third kappa shape index (κ3) is 17.9. The van der Waals surface area contributed by atoms with Crippen LogP contribution >= 0.6 is 0 Å². The van der Waals surface area contributed by atoms with Gasteiger partial charge >= 0.3 is 6.03 Å². The number of ether oxygens (including phenoxy) is 2. The van der Waals surface area contributed by atoms with Gasteiger partial charge in [0.15, 0.2) is 5.96 Å². The van der Waals surface area contributed by atoms with Crippen LogP contribution in [-0.2, 0) is 51.2 Å². The summed E-state index contributed by atoms with van der Waals surface area (Å²) in [6, 6.07) is 13.7. The fraction of sp³-hybridized carbons (Fsp3) is 0.607. The quantitative estimate of drug-likeness (QED) is 0.0383. The summed E-state index contributed by atoms with van der Waals surface area (Å²) in [4.78, 5) is 106. The SMILES string of the molecule is CC[C@H](C)[C@@H]([C@@H](CC(=O)N1CCCC1[C@H](OC)[C@@H](C)C(=O)NC(Cc1ccccc1)C(=O)Nc1ccc(CNC(=O)NCCCCCCN2C(=O)C=CC2=O)cc1)OC)N(C)C(=O)C(N=C(N(C)C)N(C)C)C(C)C. The number of unbranched alkanes of at least 4 members (excludes halogenated alkanes) is 3. The van der Waals surface area contributed by atoms with Crippen molar-refractivity contribution in [2.45, 2.75) is 135 Å². The molecule has 2 aromatic rings. The molecule has 19 heteroatoms. The zero-order valence-corrected chi connectivity index (χ0v) is 46.6. The van der Waals surface area contributed by atoms with Gasteiger partial charge in [0, 0.05) is 99.9 Å². The fourth-order valence-corrected chi connectivity index (χ4v) is 9.90. The molecule has 19 nitrogen and oxygen atoms in total. The van der Waals surface area contributed by atoms with E-state index in [0.717, 1.165) is 36.8 Å². The highest BCUT2D eigenvalue weighted by atomic mass is 16.5. The Hall–Kier alpha value is -6.34. The Morgan fingerprint density at radius 2 is 1.43 bits per heavy atom. The molecule has 1 saturated heterocycles. The number of anilines is 1. The number of hydrogen-bond donors (Lipinski definition) is 4. The molecule has 414 valence electrons. The maximum Gasteiger partial charge on any atom is 0.315 e. The standard InChI is InChI=1S/C56H86N10O9/c1-13-38(4)50(64(10)54(72)49(37(2)3)61-56(62(6)7)63(8)9)45(74-11)35-48(69)65-33-21-24-44(65)51(75-12)39(5)52(70)60-43(34-40-22-17-16-18-23-40)53(71)59-42-27-25-41(26-28-42)36-58-55(73)57-31-19-14-15-20-32-66-46(67)29-30-47(66)68/h16-18,22-23,25-30,37-39,43-45,49-51H,13-15,19-21,24,31-36H2,1-12H3,(H,59,71)(H,60,70)(H2,57,58,73)/t38-,39+,43?,44?,45+,49?,50-,51+/m0/s1. The number of urea groups is 1. The second kappa shape index (κ2) is 30.3. The lowest BCUT2D eigenvalue weighted by molar-refractivity contribution is -0.146. The fourth-order valence-electron chi connectivity index (χ4n) is 9.90. The van der Waals surface area contributed by atoms with Gasteiger partial charge in [-0.15, -0.1) is 0 Å². The lowest BCUT2D eigenvalue weighted by atomic mass is 9.89. The number of likely N-dealkylation sites (N-methyl/N-ethyl adjacent to an activating group) is 1. The number of guanidine groups is 1. The average molecular weight is 1040 g/mol. The molecule has 8 amide bonds. The molecule has 0 saturated carbocycles. The van der Waals surface area contributed by atoms with Crippen LogP contribution in [0.2, 0.25) is 0 Å². The first-order valence-electron chi connectivity index (χ1n) is 26.6. The summed E-state index contributed by atoms with van der Waals surface area (Å²) in [5, 5.41) is 11.7. The van der Waals surface area contributed by atoms with Crippen molar-refractivity contribution < 1.29 is 43.0 Å². The molecular weight excluding hydrogens is 957 g/mol. The summed E-state index contributed by atoms with van der Waals surface area (Å²) < 4.78 is 12.2. The lowest BCUT2D eigenvalue weighted by Gasteiger charge is -2.40. The summed E-state index contributed by atoms with van der Waals surface area (Å²) >= 11 is 0. The number of hydrogen-bond acceptors (Lipinski definition) is 10. The van der Waals surface area contributed by atoms with Gasteiger partial charge in [-0.2, -0.15) is 0 Å². The van der Waals surface area contributed by atoms with Gasteiger partial charge in [-0.05, 0) is 60.8 Å². The molecule has 2 heterocycles. The minimum absolute atomic E-state index is 0.0103. The van der Waals surface area contributed by atoms with Crippen molar-refractivity contribution in [1.29, 1.82) is 0 Å². The predicted molar refractivity (Wildman–Crippen MR) is 291 cm³/mol. The zero-order valence-electron chi connectivity index (χ0n) is 46.6. The van der Waals surface area contributed by atoms with Gasteiger partial charge in [0.1, 0.15) is 12.1 Å². The Balaban J connectivity index is 1.37. The van der Waals surface area contributed by atoms with Crippen molar-refractivity contribution in [2.75, 3.05) is 74.4 Å². The molecule has 4 rings (SSSR count). The Morgan fingerprint density at radius 3 is 2.01 bits per heavy atom. The van der Waals surface area contributed by atoms with Crippen LogP contribution in [0.4, 0.5) is 10.5 Å². The lowest BCUT2D eigenvalue weighted by Crippen LogP contribution is -2.55. The van der Waals surface area contributed by atoms with Gasteiger partial charge in [0.05, 0.1) is 36.6 Å². The molecule has 1 fully saturated rings. The Labute approximate surface area is 445 Å². The van der Waals surface area contributed by atoms with Crippen LogP contribution in [-0.4, -0.2) is 177 Å². The molecule has 0 spiro atoms. The summed E-state index contributed by atoms with van der Waals surface area (Å²) in [5.41, 5.74) is 2.17. The number of carbonyl (C=O) groups is 7. The second-order valence-electron chi connectivity index (χ2n) is 20.6. The van der Waals surface area contributed by atoms with E-state index in [9.17, 15) is 33.6 Å².